The van der Waals surface area contributed by atoms with Gasteiger partial charge in [0, 0.05) is 5.56 Å². The second-order valence-corrected chi connectivity index (χ2v) is 3.78. The van der Waals surface area contributed by atoms with Gasteiger partial charge in [0.25, 0.3) is 0 Å². The van der Waals surface area contributed by atoms with E-state index in [4.69, 9.17) is 5.73 Å². The number of aryl methyl sites for hydroxylation is 2. The van der Waals surface area contributed by atoms with Crippen LogP contribution < -0.4 is 5.73 Å². The molecule has 0 unspecified atom stereocenters. The predicted octanol–water partition coefficient (Wildman–Crippen LogP) is 2.95. The molecule has 0 aliphatic heterocycles. The Morgan fingerprint density at radius 3 is 2.40 bits per heavy atom. The minimum Gasteiger partial charge on any atom is -0.397 e. The molecule has 2 aromatic rings. The van der Waals surface area contributed by atoms with Gasteiger partial charge in [-0.05, 0) is 43.2 Å². The zero-order chi connectivity index (χ0) is 10.8. The summed E-state index contributed by atoms with van der Waals surface area (Å²) >= 11 is 0. The van der Waals surface area contributed by atoms with Gasteiger partial charge in [0.15, 0.2) is 0 Å². The van der Waals surface area contributed by atoms with Gasteiger partial charge in [-0.25, -0.2) is 0 Å². The van der Waals surface area contributed by atoms with Crippen LogP contribution in [0.4, 0.5) is 5.69 Å². The Bertz CT molecular complexity index is 472. The highest BCUT2D eigenvalue weighted by molar-refractivity contribution is 5.62. The van der Waals surface area contributed by atoms with Crippen LogP contribution in [-0.2, 0) is 0 Å². The van der Waals surface area contributed by atoms with Crippen molar-refractivity contribution in [3.63, 3.8) is 0 Å². The number of hydrogen-bond donors (Lipinski definition) is 1. The van der Waals surface area contributed by atoms with Gasteiger partial charge in [-0.1, -0.05) is 12.1 Å². The average Bonchev–Trinajstić information content (AvgIpc) is 2.23. The van der Waals surface area contributed by atoms with E-state index >= 15 is 0 Å². The van der Waals surface area contributed by atoms with Gasteiger partial charge in [0.2, 0.25) is 0 Å². The van der Waals surface area contributed by atoms with Crippen molar-refractivity contribution in [2.24, 2.45) is 0 Å². The van der Waals surface area contributed by atoms with Crippen LogP contribution in [0.25, 0.3) is 11.3 Å². The molecule has 0 atom stereocenters. The lowest BCUT2D eigenvalue weighted by molar-refractivity contribution is 1.30. The Balaban J connectivity index is 2.45. The highest BCUT2D eigenvalue weighted by atomic mass is 14.7. The van der Waals surface area contributed by atoms with Crippen molar-refractivity contribution in [3.05, 3.63) is 47.7 Å². The van der Waals surface area contributed by atoms with Gasteiger partial charge < -0.3 is 5.73 Å². The zero-order valence-corrected chi connectivity index (χ0v) is 8.99. The standard InChI is InChI=1S/C13H14N2/c1-9-3-4-11(7-10(9)2)13-6-5-12(14)8-15-13/h3-8H,14H2,1-2H3. The van der Waals surface area contributed by atoms with Crippen molar-refractivity contribution in [1.82, 2.24) is 4.98 Å². The second kappa shape index (κ2) is 3.73. The molecule has 1 heterocycles. The number of nitrogens with two attached hydrogens (primary N) is 1. The first-order valence-electron chi connectivity index (χ1n) is 4.96. The molecule has 15 heavy (non-hydrogen) atoms. The van der Waals surface area contributed by atoms with Crippen molar-refractivity contribution in [3.8, 4) is 11.3 Å². The van der Waals surface area contributed by atoms with Crippen LogP contribution in [0.2, 0.25) is 0 Å². The fraction of sp³-hybridized carbons (Fsp3) is 0.154. The van der Waals surface area contributed by atoms with Gasteiger partial charge in [-0.2, -0.15) is 0 Å². The highest BCUT2D eigenvalue weighted by Crippen LogP contribution is 2.20. The molecule has 0 radical (unpaired) electrons. The maximum Gasteiger partial charge on any atom is 0.0703 e. The third kappa shape index (κ3) is 1.99. The van der Waals surface area contributed by atoms with E-state index in [2.05, 4.69) is 37.0 Å². The van der Waals surface area contributed by atoms with Gasteiger partial charge >= 0.3 is 0 Å². The molecule has 0 aliphatic carbocycles. The van der Waals surface area contributed by atoms with Crippen molar-refractivity contribution in [2.75, 3.05) is 5.73 Å². The van der Waals surface area contributed by atoms with E-state index in [-0.39, 0.29) is 0 Å². The predicted molar refractivity (Wildman–Crippen MR) is 63.6 cm³/mol. The third-order valence-corrected chi connectivity index (χ3v) is 2.59. The van der Waals surface area contributed by atoms with Crippen molar-refractivity contribution in [2.45, 2.75) is 13.8 Å². The summed E-state index contributed by atoms with van der Waals surface area (Å²) in [6, 6.07) is 10.2. The van der Waals surface area contributed by atoms with Crippen LogP contribution in [0.1, 0.15) is 11.1 Å². The normalized spacial score (nSPS) is 10.3. The summed E-state index contributed by atoms with van der Waals surface area (Å²) in [7, 11) is 0. The topological polar surface area (TPSA) is 38.9 Å². The summed E-state index contributed by atoms with van der Waals surface area (Å²) in [5, 5.41) is 0. The van der Waals surface area contributed by atoms with E-state index in [1.807, 2.05) is 12.1 Å². The van der Waals surface area contributed by atoms with E-state index in [1.54, 1.807) is 6.20 Å². The van der Waals surface area contributed by atoms with Gasteiger partial charge in [0.1, 0.15) is 0 Å². The third-order valence-electron chi connectivity index (χ3n) is 2.59. The lowest BCUT2D eigenvalue weighted by Crippen LogP contribution is -1.89. The molecule has 0 aliphatic rings. The Kier molecular flexibility index (Phi) is 2.42. The Morgan fingerprint density at radius 2 is 1.80 bits per heavy atom. The number of nitrogen functional groups attached to an aromatic ring is 1. The molecule has 0 bridgehead atoms. The molecule has 2 rings (SSSR count). The van der Waals surface area contributed by atoms with Gasteiger partial charge in [0.05, 0.1) is 17.6 Å². The molecule has 2 N–H and O–H groups in total. The molecular weight excluding hydrogens is 184 g/mol. The summed E-state index contributed by atoms with van der Waals surface area (Å²) in [5.74, 6) is 0. The minimum absolute atomic E-state index is 0.697. The molecule has 0 spiro atoms. The summed E-state index contributed by atoms with van der Waals surface area (Å²) < 4.78 is 0. The fourth-order valence-corrected chi connectivity index (χ4v) is 1.48. The zero-order valence-electron chi connectivity index (χ0n) is 8.99. The van der Waals surface area contributed by atoms with Crippen LogP contribution in [0, 0.1) is 13.8 Å². The molecule has 0 saturated heterocycles. The summed E-state index contributed by atoms with van der Waals surface area (Å²) in [6.45, 7) is 4.21. The van der Waals surface area contributed by atoms with Crippen LogP contribution >= 0.6 is 0 Å². The SMILES string of the molecule is Cc1ccc(-c2ccc(N)cn2)cc1C. The first kappa shape index (κ1) is 9.71. The molecule has 0 amide bonds. The van der Waals surface area contributed by atoms with E-state index in [0.29, 0.717) is 5.69 Å². The summed E-state index contributed by atoms with van der Waals surface area (Å²) in [5.41, 5.74) is 11.0. The van der Waals surface area contributed by atoms with Crippen LogP contribution in [0.3, 0.4) is 0 Å². The second-order valence-electron chi connectivity index (χ2n) is 3.78. The number of rotatable bonds is 1. The first-order valence-corrected chi connectivity index (χ1v) is 4.96. The van der Waals surface area contributed by atoms with Crippen molar-refractivity contribution in [1.29, 1.82) is 0 Å². The maximum atomic E-state index is 5.60. The van der Waals surface area contributed by atoms with Crippen molar-refractivity contribution < 1.29 is 0 Å². The molecule has 0 saturated carbocycles. The minimum atomic E-state index is 0.697. The smallest absolute Gasteiger partial charge is 0.0703 e. The molecule has 2 heteroatoms. The van der Waals surface area contributed by atoms with Crippen LogP contribution in [0.5, 0.6) is 0 Å². The lowest BCUT2D eigenvalue weighted by Gasteiger charge is -2.04. The summed E-state index contributed by atoms with van der Waals surface area (Å²) in [6.07, 6.45) is 1.69. The van der Waals surface area contributed by atoms with Gasteiger partial charge in [-0.15, -0.1) is 0 Å². The number of anilines is 1. The Hall–Kier alpha value is -1.83. The molecule has 0 fully saturated rings. The molecular formula is C13H14N2. The molecule has 1 aromatic carbocycles. The van der Waals surface area contributed by atoms with E-state index < -0.39 is 0 Å². The first-order chi connectivity index (χ1) is 7.16. The number of nitrogens with zero attached hydrogens (tertiary/aromatic N) is 1. The van der Waals surface area contributed by atoms with E-state index in [9.17, 15) is 0 Å². The average molecular weight is 198 g/mol. The fourth-order valence-electron chi connectivity index (χ4n) is 1.48. The van der Waals surface area contributed by atoms with E-state index in [1.165, 1.54) is 11.1 Å². The van der Waals surface area contributed by atoms with Crippen molar-refractivity contribution >= 4 is 5.69 Å². The maximum absolute atomic E-state index is 5.60. The molecule has 76 valence electrons. The Morgan fingerprint density at radius 1 is 1.00 bits per heavy atom. The quantitative estimate of drug-likeness (QED) is 0.765. The lowest BCUT2D eigenvalue weighted by atomic mass is 10.0. The monoisotopic (exact) mass is 198 g/mol. The van der Waals surface area contributed by atoms with Crippen LogP contribution in [0.15, 0.2) is 36.5 Å². The number of benzene rings is 1. The molecule has 1 aromatic heterocycles. The van der Waals surface area contributed by atoms with Gasteiger partial charge in [-0.3, -0.25) is 4.98 Å². The highest BCUT2D eigenvalue weighted by Gasteiger charge is 2.00. The summed E-state index contributed by atoms with van der Waals surface area (Å²) in [4.78, 5) is 4.29. The van der Waals surface area contributed by atoms with Crippen LogP contribution in [-0.4, -0.2) is 4.98 Å². The number of hydrogen-bond acceptors (Lipinski definition) is 2. The number of pyridine rings is 1. The molecule has 2 nitrogen and oxygen atoms in total. The number of aromatic nitrogens is 1. The largest absolute Gasteiger partial charge is 0.397 e. The van der Waals surface area contributed by atoms with E-state index in [0.717, 1.165) is 11.3 Å². The Labute approximate surface area is 89.8 Å².